The molecule has 282 valence electrons. The predicted molar refractivity (Wildman–Crippen MR) is 249 cm³/mol. The van der Waals surface area contributed by atoms with Crippen LogP contribution in [0.3, 0.4) is 0 Å². The van der Waals surface area contributed by atoms with E-state index >= 15 is 0 Å². The predicted octanol–water partition coefficient (Wildman–Crippen LogP) is 13.7. The molecular weight excluding hydrogens is 711 g/mol. The van der Waals surface area contributed by atoms with Gasteiger partial charge in [-0.15, -0.1) is 0 Å². The van der Waals surface area contributed by atoms with Crippen LogP contribution in [0.15, 0.2) is 200 Å². The molecule has 1 unspecified atom stereocenters. The molecule has 0 bridgehead atoms. The van der Waals surface area contributed by atoms with Gasteiger partial charge < -0.3 is 4.90 Å². The molecule has 2 aliphatic rings. The molecule has 9 aromatic carbocycles. The van der Waals surface area contributed by atoms with E-state index in [1.807, 2.05) is 0 Å². The lowest BCUT2D eigenvalue weighted by Gasteiger charge is -2.30. The van der Waals surface area contributed by atoms with E-state index in [1.54, 1.807) is 0 Å². The average molecular weight is 756 g/mol. The van der Waals surface area contributed by atoms with Crippen molar-refractivity contribution in [3.63, 3.8) is 0 Å². The second-order valence-electron chi connectivity index (χ2n) is 16.9. The highest BCUT2D eigenvalue weighted by Crippen LogP contribution is 2.51. The van der Waals surface area contributed by atoms with Crippen molar-refractivity contribution >= 4 is 49.8 Å². The van der Waals surface area contributed by atoms with Crippen LogP contribution in [0.5, 0.6) is 0 Å². The van der Waals surface area contributed by atoms with E-state index < -0.39 is 0 Å². The third-order valence-electron chi connectivity index (χ3n) is 13.1. The zero-order chi connectivity index (χ0) is 39.7. The number of hydrogen-bond acceptors (Lipinski definition) is 1. The molecule has 11 rings (SSSR count). The molecule has 0 heterocycles. The maximum Gasteiger partial charge on any atom is 0.0468 e. The minimum atomic E-state index is -0.106. The molecule has 0 aliphatic heterocycles. The van der Waals surface area contributed by atoms with Crippen molar-refractivity contribution in [1.29, 1.82) is 0 Å². The lowest BCUT2D eigenvalue weighted by atomic mass is 9.74. The van der Waals surface area contributed by atoms with Crippen molar-refractivity contribution in [3.8, 4) is 11.1 Å². The van der Waals surface area contributed by atoms with Gasteiger partial charge in [-0.1, -0.05) is 178 Å². The van der Waals surface area contributed by atoms with Crippen molar-refractivity contribution in [2.24, 2.45) is 0 Å². The Morgan fingerprint density at radius 1 is 0.441 bits per heavy atom. The summed E-state index contributed by atoms with van der Waals surface area (Å²) in [6.45, 7) is 6.93. The first-order valence-electron chi connectivity index (χ1n) is 20.9. The van der Waals surface area contributed by atoms with Gasteiger partial charge in [0.25, 0.3) is 0 Å². The fraction of sp³-hybridized carbons (Fsp3) is 0.103. The zero-order valence-corrected chi connectivity index (χ0v) is 33.8. The normalized spacial score (nSPS) is 15.2. The Balaban J connectivity index is 1.25. The molecule has 0 saturated heterocycles. The standard InChI is InChI=1S/C58H45N/c1-38-18-17-25-42(34-38)59(44-30-32-47-46-27-15-16-29-53(46)58(2,3)54(47)36-44)43-31-33-49-52(35-43)45-26-13-14-28-48(45)56-51(40-21-9-5-10-22-40)37-50(39-19-7-4-8-20-39)55(57(49)56)41-23-11-6-12-24-41/h4-36,50H,37H2,1-3H3. The lowest BCUT2D eigenvalue weighted by Crippen LogP contribution is -2.37. The number of hydrogen-bond donors (Lipinski definition) is 0. The maximum absolute atomic E-state index is 2.47. The summed E-state index contributed by atoms with van der Waals surface area (Å²) in [7, 11) is 0. The molecule has 0 radical (unpaired) electrons. The molecule has 59 heavy (non-hydrogen) atoms. The Morgan fingerprint density at radius 2 is 1.03 bits per heavy atom. The molecule has 1 atom stereocenters. The Labute approximate surface area is 346 Å². The summed E-state index contributed by atoms with van der Waals surface area (Å²) in [6.07, 6.45) is 0.915. The van der Waals surface area contributed by atoms with E-state index in [2.05, 4.69) is 226 Å². The van der Waals surface area contributed by atoms with Gasteiger partial charge in [0, 0.05) is 28.4 Å². The van der Waals surface area contributed by atoms with Crippen LogP contribution in [0.1, 0.15) is 59.6 Å². The number of nitrogens with zero attached hydrogens (tertiary/aromatic N) is 1. The Bertz CT molecular complexity index is 3210. The van der Waals surface area contributed by atoms with Crippen molar-refractivity contribution < 1.29 is 0 Å². The Kier molecular flexibility index (Phi) is 8.27. The second-order valence-corrected chi connectivity index (χ2v) is 16.9. The first-order valence-corrected chi connectivity index (χ1v) is 20.9. The van der Waals surface area contributed by atoms with Gasteiger partial charge in [-0.05, 0) is 137 Å². The molecule has 0 aromatic heterocycles. The van der Waals surface area contributed by atoms with Gasteiger partial charge in [-0.3, -0.25) is 0 Å². The van der Waals surface area contributed by atoms with Gasteiger partial charge in [0.15, 0.2) is 0 Å². The van der Waals surface area contributed by atoms with Crippen LogP contribution in [0.2, 0.25) is 0 Å². The summed E-state index contributed by atoms with van der Waals surface area (Å²) in [5.74, 6) is 0.174. The topological polar surface area (TPSA) is 3.24 Å². The summed E-state index contributed by atoms with van der Waals surface area (Å²) >= 11 is 0. The van der Waals surface area contributed by atoms with Gasteiger partial charge >= 0.3 is 0 Å². The van der Waals surface area contributed by atoms with Gasteiger partial charge in [0.2, 0.25) is 0 Å². The largest absolute Gasteiger partial charge is 0.310 e. The van der Waals surface area contributed by atoms with E-state index in [4.69, 9.17) is 0 Å². The van der Waals surface area contributed by atoms with Crippen LogP contribution in [0.25, 0.3) is 43.8 Å². The number of anilines is 3. The molecule has 0 fully saturated rings. The number of aryl methyl sites for hydroxylation is 1. The molecule has 9 aromatic rings. The molecule has 0 amide bonds. The molecule has 1 nitrogen and oxygen atoms in total. The minimum Gasteiger partial charge on any atom is -0.310 e. The number of rotatable bonds is 6. The van der Waals surface area contributed by atoms with Gasteiger partial charge in [-0.25, -0.2) is 0 Å². The average Bonchev–Trinajstić information content (AvgIpc) is 3.52. The van der Waals surface area contributed by atoms with Gasteiger partial charge in [0.05, 0.1) is 0 Å². The van der Waals surface area contributed by atoms with Gasteiger partial charge in [0.1, 0.15) is 0 Å². The van der Waals surface area contributed by atoms with Crippen LogP contribution in [-0.4, -0.2) is 0 Å². The van der Waals surface area contributed by atoms with Crippen molar-refractivity contribution in [2.75, 3.05) is 4.90 Å². The number of fused-ring (bicyclic) bond motifs is 9. The van der Waals surface area contributed by atoms with E-state index in [0.29, 0.717) is 0 Å². The van der Waals surface area contributed by atoms with Crippen molar-refractivity contribution in [2.45, 2.75) is 38.5 Å². The van der Waals surface area contributed by atoms with Crippen molar-refractivity contribution in [3.05, 3.63) is 244 Å². The summed E-state index contributed by atoms with van der Waals surface area (Å²) in [5, 5.41) is 7.81. The fourth-order valence-corrected chi connectivity index (χ4v) is 10.4. The second kappa shape index (κ2) is 13.9. The van der Waals surface area contributed by atoms with Crippen molar-refractivity contribution in [1.82, 2.24) is 0 Å². The third kappa shape index (κ3) is 5.68. The van der Waals surface area contributed by atoms with E-state index in [1.165, 1.54) is 87.6 Å². The highest BCUT2D eigenvalue weighted by molar-refractivity contribution is 6.11. The highest BCUT2D eigenvalue weighted by Gasteiger charge is 2.36. The van der Waals surface area contributed by atoms with Crippen LogP contribution >= 0.6 is 0 Å². The van der Waals surface area contributed by atoms with E-state index in [9.17, 15) is 0 Å². The molecule has 0 saturated carbocycles. The monoisotopic (exact) mass is 755 g/mol. The summed E-state index contributed by atoms with van der Waals surface area (Å²) in [5.41, 5.74) is 16.7. The highest BCUT2D eigenvalue weighted by atomic mass is 15.1. The maximum atomic E-state index is 2.47. The summed E-state index contributed by atoms with van der Waals surface area (Å²) in [4.78, 5) is 2.47. The lowest BCUT2D eigenvalue weighted by molar-refractivity contribution is 0.660. The summed E-state index contributed by atoms with van der Waals surface area (Å²) < 4.78 is 0. The first-order chi connectivity index (χ1) is 29.0. The molecular formula is C58H45N. The Morgan fingerprint density at radius 3 is 1.80 bits per heavy atom. The smallest absolute Gasteiger partial charge is 0.0468 e. The van der Waals surface area contributed by atoms with Crippen LogP contribution in [-0.2, 0) is 5.41 Å². The first kappa shape index (κ1) is 35.2. The quantitative estimate of drug-likeness (QED) is 0.153. The van der Waals surface area contributed by atoms with E-state index in [-0.39, 0.29) is 11.3 Å². The minimum absolute atomic E-state index is 0.106. The van der Waals surface area contributed by atoms with Gasteiger partial charge in [-0.2, -0.15) is 0 Å². The molecule has 2 aliphatic carbocycles. The van der Waals surface area contributed by atoms with Crippen LogP contribution in [0.4, 0.5) is 17.1 Å². The Hall–Kier alpha value is -6.96. The SMILES string of the molecule is Cc1cccc(N(c2ccc3c(c2)C(C)(C)c2ccccc2-3)c2ccc3c4c(c5ccccc5c3c2)=C(c2ccccc2)CC(c2ccccc2)C=4c2ccccc2)c1. The third-order valence-corrected chi connectivity index (χ3v) is 13.1. The molecule has 0 N–H and O–H groups in total. The fourth-order valence-electron chi connectivity index (χ4n) is 10.4. The van der Waals surface area contributed by atoms with Crippen LogP contribution < -0.4 is 15.3 Å². The summed E-state index contributed by atoms with van der Waals surface area (Å²) in [6, 6.07) is 74.7. The number of benzene rings is 9. The molecule has 1 heteroatoms. The zero-order valence-electron chi connectivity index (χ0n) is 33.8. The van der Waals surface area contributed by atoms with E-state index in [0.717, 1.165) is 23.5 Å². The van der Waals surface area contributed by atoms with Crippen LogP contribution in [0, 0.1) is 6.92 Å². The molecule has 0 spiro atoms.